The van der Waals surface area contributed by atoms with Crippen molar-refractivity contribution < 1.29 is 27.5 Å². The van der Waals surface area contributed by atoms with Crippen molar-refractivity contribution in [3.63, 3.8) is 0 Å². The number of hydrogen-bond acceptors (Lipinski definition) is 6. The second kappa shape index (κ2) is 13.0. The molecule has 0 saturated heterocycles. The van der Waals surface area contributed by atoms with Gasteiger partial charge in [-0.15, -0.1) is 0 Å². The summed E-state index contributed by atoms with van der Waals surface area (Å²) in [6.45, 7) is 3.95. The zero-order chi connectivity index (χ0) is 26.0. The Morgan fingerprint density at radius 2 is 1.49 bits per heavy atom. The third-order valence-corrected chi connectivity index (χ3v) is 6.63. The average molecular weight is 506 g/mol. The molecule has 0 aromatic heterocycles. The quantitative estimate of drug-likeness (QED) is 0.449. The van der Waals surface area contributed by atoms with Crippen LogP contribution in [0.4, 0.5) is 5.69 Å². The van der Waals surface area contributed by atoms with E-state index in [0.29, 0.717) is 30.2 Å². The monoisotopic (exact) mass is 505 g/mol. The molecule has 0 bridgehead atoms. The number of benzene rings is 2. The number of rotatable bonds is 13. The number of carbonyl (C=O) groups is 2. The number of carbonyl (C=O) groups excluding carboxylic acids is 2. The van der Waals surface area contributed by atoms with Crippen LogP contribution < -0.4 is 19.1 Å². The van der Waals surface area contributed by atoms with Crippen molar-refractivity contribution in [1.82, 2.24) is 10.2 Å². The highest BCUT2D eigenvalue weighted by atomic mass is 32.2. The molecule has 0 aliphatic rings. The van der Waals surface area contributed by atoms with E-state index < -0.39 is 28.5 Å². The zero-order valence-corrected chi connectivity index (χ0v) is 21.8. The Labute approximate surface area is 208 Å². The van der Waals surface area contributed by atoms with Gasteiger partial charge in [0.25, 0.3) is 0 Å². The molecule has 2 aromatic carbocycles. The van der Waals surface area contributed by atoms with Crippen LogP contribution in [0.1, 0.15) is 32.3 Å². The van der Waals surface area contributed by atoms with E-state index in [-0.39, 0.29) is 12.5 Å². The van der Waals surface area contributed by atoms with Gasteiger partial charge in [-0.3, -0.25) is 13.9 Å². The first-order valence-electron chi connectivity index (χ1n) is 11.5. The molecule has 9 nitrogen and oxygen atoms in total. The summed E-state index contributed by atoms with van der Waals surface area (Å²) in [6, 6.07) is 12.8. The van der Waals surface area contributed by atoms with Gasteiger partial charge < -0.3 is 19.7 Å². The summed E-state index contributed by atoms with van der Waals surface area (Å²) in [7, 11) is -0.710. The highest BCUT2D eigenvalue weighted by molar-refractivity contribution is 7.92. The van der Waals surface area contributed by atoms with Crippen molar-refractivity contribution in [3.05, 3.63) is 54.1 Å². The molecule has 2 aromatic rings. The molecule has 2 rings (SSSR count). The van der Waals surface area contributed by atoms with Gasteiger partial charge in [-0.25, -0.2) is 8.42 Å². The number of sulfonamides is 1. The fraction of sp³-hybridized carbons (Fsp3) is 0.440. The number of nitrogens with one attached hydrogen (secondary N) is 1. The Kier molecular flexibility index (Phi) is 10.4. The Bertz CT molecular complexity index is 1070. The second-order valence-electron chi connectivity index (χ2n) is 8.05. The van der Waals surface area contributed by atoms with Gasteiger partial charge in [0.2, 0.25) is 21.8 Å². The van der Waals surface area contributed by atoms with Crippen LogP contribution in [0.3, 0.4) is 0 Å². The van der Waals surface area contributed by atoms with E-state index in [1.54, 1.807) is 43.5 Å². The standard InChI is InChI=1S/C25H35N3O6S/c1-6-16-26-25(30)23(7-2)27(17-19-8-12-21(33-3)13-9-19)24(29)18-28(35(5,31)32)20-10-14-22(34-4)15-11-20/h8-15,23H,6-7,16-18H2,1-5H3,(H,26,30)/t23-/m1/s1. The maximum absolute atomic E-state index is 13.6. The van der Waals surface area contributed by atoms with Gasteiger partial charge in [-0.2, -0.15) is 0 Å². The van der Waals surface area contributed by atoms with E-state index in [0.717, 1.165) is 22.5 Å². The highest BCUT2D eigenvalue weighted by Crippen LogP contribution is 2.23. The SMILES string of the molecule is CCCNC(=O)[C@@H](CC)N(Cc1ccc(OC)cc1)C(=O)CN(c1ccc(OC)cc1)S(C)(=O)=O. The Balaban J connectivity index is 2.40. The lowest BCUT2D eigenvalue weighted by Gasteiger charge is -2.33. The molecule has 0 heterocycles. The fourth-order valence-corrected chi connectivity index (χ4v) is 4.42. The molecule has 0 fully saturated rings. The zero-order valence-electron chi connectivity index (χ0n) is 21.0. The molecule has 1 atom stereocenters. The van der Waals surface area contributed by atoms with Crippen LogP contribution in [0.5, 0.6) is 11.5 Å². The molecular weight excluding hydrogens is 470 g/mol. The normalized spacial score (nSPS) is 11.9. The van der Waals surface area contributed by atoms with Crippen molar-refractivity contribution in [2.75, 3.05) is 37.9 Å². The second-order valence-corrected chi connectivity index (χ2v) is 9.96. The van der Waals surface area contributed by atoms with Crippen LogP contribution in [-0.4, -0.2) is 64.7 Å². The minimum Gasteiger partial charge on any atom is -0.497 e. The molecule has 10 heteroatoms. The summed E-state index contributed by atoms with van der Waals surface area (Å²) in [4.78, 5) is 28.0. The Morgan fingerprint density at radius 3 is 1.94 bits per heavy atom. The number of ether oxygens (including phenoxy) is 2. The number of amides is 2. The number of anilines is 1. The lowest BCUT2D eigenvalue weighted by molar-refractivity contribution is -0.140. The van der Waals surface area contributed by atoms with Gasteiger partial charge >= 0.3 is 0 Å². The molecule has 1 N–H and O–H groups in total. The van der Waals surface area contributed by atoms with Crippen molar-refractivity contribution in [2.45, 2.75) is 39.3 Å². The van der Waals surface area contributed by atoms with Crippen LogP contribution in [0, 0.1) is 0 Å². The predicted molar refractivity (Wildman–Crippen MR) is 136 cm³/mol. The molecule has 192 valence electrons. The molecule has 2 amide bonds. The highest BCUT2D eigenvalue weighted by Gasteiger charge is 2.31. The molecule has 0 radical (unpaired) electrons. The lowest BCUT2D eigenvalue weighted by atomic mass is 10.1. The summed E-state index contributed by atoms with van der Waals surface area (Å²) in [5, 5.41) is 2.85. The number of methoxy groups -OCH3 is 2. The van der Waals surface area contributed by atoms with Gasteiger partial charge in [0, 0.05) is 13.1 Å². The van der Waals surface area contributed by atoms with E-state index in [1.165, 1.54) is 12.0 Å². The lowest BCUT2D eigenvalue weighted by Crippen LogP contribution is -2.52. The maximum atomic E-state index is 13.6. The molecule has 35 heavy (non-hydrogen) atoms. The third-order valence-electron chi connectivity index (χ3n) is 5.49. The minimum atomic E-state index is -3.79. The van der Waals surface area contributed by atoms with Crippen LogP contribution in [-0.2, 0) is 26.2 Å². The molecule has 0 saturated carbocycles. The van der Waals surface area contributed by atoms with Crippen molar-refractivity contribution >= 4 is 27.5 Å². The smallest absolute Gasteiger partial charge is 0.244 e. The number of hydrogen-bond donors (Lipinski definition) is 1. The molecule has 0 aliphatic carbocycles. The van der Waals surface area contributed by atoms with E-state index in [4.69, 9.17) is 9.47 Å². The van der Waals surface area contributed by atoms with Gasteiger partial charge in [0.15, 0.2) is 0 Å². The molecule has 0 unspecified atom stereocenters. The summed E-state index contributed by atoms with van der Waals surface area (Å²) >= 11 is 0. The average Bonchev–Trinajstić information content (AvgIpc) is 2.85. The fourth-order valence-electron chi connectivity index (χ4n) is 3.58. The summed E-state index contributed by atoms with van der Waals surface area (Å²) < 4.78 is 36.6. The summed E-state index contributed by atoms with van der Waals surface area (Å²) in [5.41, 5.74) is 1.12. The van der Waals surface area contributed by atoms with Crippen molar-refractivity contribution in [2.24, 2.45) is 0 Å². The maximum Gasteiger partial charge on any atom is 0.244 e. The first-order chi connectivity index (χ1) is 16.6. The van der Waals surface area contributed by atoms with Crippen LogP contribution in [0.15, 0.2) is 48.5 Å². The predicted octanol–water partition coefficient (Wildman–Crippen LogP) is 2.80. The van der Waals surface area contributed by atoms with Gasteiger partial charge in [-0.05, 0) is 54.8 Å². The van der Waals surface area contributed by atoms with Crippen molar-refractivity contribution in [1.29, 1.82) is 0 Å². The molecule has 0 spiro atoms. The Morgan fingerprint density at radius 1 is 0.943 bits per heavy atom. The topological polar surface area (TPSA) is 105 Å². The first-order valence-corrected chi connectivity index (χ1v) is 13.3. The molecular formula is C25H35N3O6S. The Hall–Kier alpha value is -3.27. The van der Waals surface area contributed by atoms with Crippen molar-refractivity contribution in [3.8, 4) is 11.5 Å². The van der Waals surface area contributed by atoms with E-state index >= 15 is 0 Å². The molecule has 0 aliphatic heterocycles. The van der Waals surface area contributed by atoms with Crippen LogP contribution in [0.2, 0.25) is 0 Å². The third kappa shape index (κ3) is 7.88. The summed E-state index contributed by atoms with van der Waals surface area (Å²) in [5.74, 6) is 0.475. The largest absolute Gasteiger partial charge is 0.497 e. The van der Waals surface area contributed by atoms with Crippen LogP contribution >= 0.6 is 0 Å². The van der Waals surface area contributed by atoms with E-state index in [1.807, 2.05) is 26.0 Å². The van der Waals surface area contributed by atoms with E-state index in [9.17, 15) is 18.0 Å². The van der Waals surface area contributed by atoms with Gasteiger partial charge in [0.1, 0.15) is 24.1 Å². The van der Waals surface area contributed by atoms with Gasteiger partial charge in [0.05, 0.1) is 26.2 Å². The van der Waals surface area contributed by atoms with Crippen LogP contribution in [0.25, 0.3) is 0 Å². The van der Waals surface area contributed by atoms with E-state index in [2.05, 4.69) is 5.32 Å². The number of nitrogens with zero attached hydrogens (tertiary/aromatic N) is 2. The minimum absolute atomic E-state index is 0.140. The first kappa shape index (κ1) is 28.0. The van der Waals surface area contributed by atoms with Gasteiger partial charge in [-0.1, -0.05) is 26.0 Å². The summed E-state index contributed by atoms with van der Waals surface area (Å²) in [6.07, 6.45) is 2.18.